The van der Waals surface area contributed by atoms with Crippen LogP contribution in [0.1, 0.15) is 40.5 Å². The van der Waals surface area contributed by atoms with Gasteiger partial charge in [0.1, 0.15) is 0 Å². The molecule has 0 saturated heterocycles. The van der Waals surface area contributed by atoms with E-state index >= 15 is 0 Å². The normalized spacial score (nSPS) is 12.6. The Balaban J connectivity index is 4.03. The lowest BCUT2D eigenvalue weighted by Crippen LogP contribution is -2.40. The van der Waals surface area contributed by atoms with Gasteiger partial charge in [-0.3, -0.25) is 9.59 Å². The summed E-state index contributed by atoms with van der Waals surface area (Å²) in [5.41, 5.74) is 0. The van der Waals surface area contributed by atoms with Crippen molar-refractivity contribution >= 4 is 23.5 Å². The van der Waals surface area contributed by atoms with Crippen molar-refractivity contribution in [1.82, 2.24) is 4.90 Å². The second kappa shape index (κ2) is 7.71. The first kappa shape index (κ1) is 15.5. The van der Waals surface area contributed by atoms with E-state index in [0.717, 1.165) is 5.75 Å². The van der Waals surface area contributed by atoms with Gasteiger partial charge in [0.2, 0.25) is 5.91 Å². The van der Waals surface area contributed by atoms with Crippen LogP contribution in [0.3, 0.4) is 0 Å². The molecule has 1 atom stereocenters. The molecule has 0 radical (unpaired) electrons. The molecule has 0 aliphatic heterocycles. The number of hydrogen-bond acceptors (Lipinski definition) is 3. The van der Waals surface area contributed by atoms with Gasteiger partial charge in [-0.15, -0.1) is 0 Å². The van der Waals surface area contributed by atoms with Crippen molar-refractivity contribution in [3.05, 3.63) is 0 Å². The molecule has 0 aromatic heterocycles. The van der Waals surface area contributed by atoms with E-state index in [2.05, 4.69) is 13.8 Å². The summed E-state index contributed by atoms with van der Waals surface area (Å²) in [5, 5.41) is 0.549. The number of carbonyl (C=O) groups excluding carboxylic acids is 2. The third kappa shape index (κ3) is 5.54. The van der Waals surface area contributed by atoms with Crippen LogP contribution in [0, 0.1) is 0 Å². The third-order valence-electron chi connectivity index (χ3n) is 2.56. The molecule has 0 rings (SSSR count). The standard InChI is InChI=1S/C12H23NO2S/c1-6-11(14)10(4)13(5)12(15)7-8-16-9(2)3/h9-10H,6-8H2,1-5H3/t10-/m0/s1. The zero-order valence-corrected chi connectivity index (χ0v) is 11.8. The van der Waals surface area contributed by atoms with Crippen LogP contribution in [0.2, 0.25) is 0 Å². The largest absolute Gasteiger partial charge is 0.336 e. The molecule has 0 bridgehead atoms. The molecular weight excluding hydrogens is 222 g/mol. The molecule has 0 aromatic rings. The highest BCUT2D eigenvalue weighted by Crippen LogP contribution is 2.12. The van der Waals surface area contributed by atoms with Crippen LogP contribution in [-0.4, -0.2) is 40.7 Å². The van der Waals surface area contributed by atoms with E-state index in [0.29, 0.717) is 18.1 Å². The number of hydrogen-bond donors (Lipinski definition) is 0. The summed E-state index contributed by atoms with van der Waals surface area (Å²) in [6.07, 6.45) is 1.00. The predicted octanol–water partition coefficient (Wildman–Crippen LogP) is 2.34. The summed E-state index contributed by atoms with van der Waals surface area (Å²) in [6, 6.07) is -0.290. The molecule has 0 fully saturated rings. The summed E-state index contributed by atoms with van der Waals surface area (Å²) in [7, 11) is 1.71. The van der Waals surface area contributed by atoms with Gasteiger partial charge in [0.05, 0.1) is 6.04 Å². The van der Waals surface area contributed by atoms with Crippen molar-refractivity contribution < 1.29 is 9.59 Å². The molecule has 0 unspecified atom stereocenters. The second-order valence-electron chi connectivity index (χ2n) is 4.17. The van der Waals surface area contributed by atoms with Crippen molar-refractivity contribution in [3.63, 3.8) is 0 Å². The van der Waals surface area contributed by atoms with E-state index in [4.69, 9.17) is 0 Å². The van der Waals surface area contributed by atoms with Gasteiger partial charge in [0, 0.05) is 25.6 Å². The van der Waals surface area contributed by atoms with Gasteiger partial charge < -0.3 is 4.90 Å². The van der Waals surface area contributed by atoms with E-state index < -0.39 is 0 Å². The van der Waals surface area contributed by atoms with Gasteiger partial charge in [-0.2, -0.15) is 11.8 Å². The number of carbonyl (C=O) groups is 2. The Morgan fingerprint density at radius 2 is 1.81 bits per heavy atom. The second-order valence-corrected chi connectivity index (χ2v) is 5.85. The summed E-state index contributed by atoms with van der Waals surface area (Å²) < 4.78 is 0. The van der Waals surface area contributed by atoms with Gasteiger partial charge in [0.15, 0.2) is 5.78 Å². The Morgan fingerprint density at radius 3 is 2.25 bits per heavy atom. The van der Waals surface area contributed by atoms with E-state index in [1.54, 1.807) is 30.6 Å². The summed E-state index contributed by atoms with van der Waals surface area (Å²) in [4.78, 5) is 24.7. The lowest BCUT2D eigenvalue weighted by atomic mass is 10.1. The number of thioether (sulfide) groups is 1. The number of ketones is 1. The first-order valence-corrected chi connectivity index (χ1v) is 6.85. The molecular formula is C12H23NO2S. The van der Waals surface area contributed by atoms with Crippen molar-refractivity contribution in [1.29, 1.82) is 0 Å². The number of likely N-dealkylation sites (N-methyl/N-ethyl adjacent to an activating group) is 1. The van der Waals surface area contributed by atoms with Crippen LogP contribution in [0.4, 0.5) is 0 Å². The fourth-order valence-electron chi connectivity index (χ4n) is 1.29. The summed E-state index contributed by atoms with van der Waals surface area (Å²) in [6.45, 7) is 7.84. The molecule has 94 valence electrons. The van der Waals surface area contributed by atoms with Crippen LogP contribution in [-0.2, 0) is 9.59 Å². The number of nitrogens with zero attached hydrogens (tertiary/aromatic N) is 1. The lowest BCUT2D eigenvalue weighted by molar-refractivity contribution is -0.137. The molecule has 0 heterocycles. The smallest absolute Gasteiger partial charge is 0.223 e. The SMILES string of the molecule is CCC(=O)[C@H](C)N(C)C(=O)CCSC(C)C. The highest BCUT2D eigenvalue weighted by atomic mass is 32.2. The molecule has 1 amide bonds. The van der Waals surface area contributed by atoms with E-state index in [1.165, 1.54) is 0 Å². The van der Waals surface area contributed by atoms with E-state index in [-0.39, 0.29) is 17.7 Å². The molecule has 0 aliphatic carbocycles. The monoisotopic (exact) mass is 245 g/mol. The molecule has 0 aromatic carbocycles. The maximum absolute atomic E-state index is 11.7. The zero-order chi connectivity index (χ0) is 12.7. The van der Waals surface area contributed by atoms with Gasteiger partial charge in [0.25, 0.3) is 0 Å². The van der Waals surface area contributed by atoms with Crippen LogP contribution in [0.15, 0.2) is 0 Å². The highest BCUT2D eigenvalue weighted by molar-refractivity contribution is 7.99. The molecule has 4 heteroatoms. The average molecular weight is 245 g/mol. The van der Waals surface area contributed by atoms with Gasteiger partial charge in [-0.1, -0.05) is 20.8 Å². The summed E-state index contributed by atoms with van der Waals surface area (Å²) >= 11 is 1.77. The lowest BCUT2D eigenvalue weighted by Gasteiger charge is -2.23. The highest BCUT2D eigenvalue weighted by Gasteiger charge is 2.20. The molecule has 0 saturated carbocycles. The van der Waals surface area contributed by atoms with Crippen LogP contribution >= 0.6 is 11.8 Å². The molecule has 0 N–H and O–H groups in total. The van der Waals surface area contributed by atoms with Crippen LogP contribution in [0.25, 0.3) is 0 Å². The predicted molar refractivity (Wildman–Crippen MR) is 69.7 cm³/mol. The van der Waals surface area contributed by atoms with Crippen molar-refractivity contribution in [3.8, 4) is 0 Å². The van der Waals surface area contributed by atoms with Crippen molar-refractivity contribution in [2.24, 2.45) is 0 Å². The molecule has 3 nitrogen and oxygen atoms in total. The number of amides is 1. The summed E-state index contributed by atoms with van der Waals surface area (Å²) in [5.74, 6) is 1.00. The minimum Gasteiger partial charge on any atom is -0.336 e. The Labute approximate surface area is 103 Å². The van der Waals surface area contributed by atoms with Crippen molar-refractivity contribution in [2.75, 3.05) is 12.8 Å². The quantitative estimate of drug-likeness (QED) is 0.691. The molecule has 16 heavy (non-hydrogen) atoms. The average Bonchev–Trinajstić information content (AvgIpc) is 2.25. The number of rotatable bonds is 7. The van der Waals surface area contributed by atoms with Gasteiger partial charge >= 0.3 is 0 Å². The Kier molecular flexibility index (Phi) is 7.47. The van der Waals surface area contributed by atoms with Crippen LogP contribution < -0.4 is 0 Å². The van der Waals surface area contributed by atoms with E-state index in [9.17, 15) is 9.59 Å². The van der Waals surface area contributed by atoms with Crippen LogP contribution in [0.5, 0.6) is 0 Å². The minimum atomic E-state index is -0.290. The molecule has 0 spiro atoms. The zero-order valence-electron chi connectivity index (χ0n) is 10.9. The molecule has 0 aliphatic rings. The maximum Gasteiger partial charge on any atom is 0.223 e. The maximum atomic E-state index is 11.7. The minimum absolute atomic E-state index is 0.0578. The fourth-order valence-corrected chi connectivity index (χ4v) is 2.05. The Hall–Kier alpha value is -0.510. The number of Topliss-reactive ketones (excluding diaryl/α,β-unsaturated/α-hetero) is 1. The first-order valence-electron chi connectivity index (χ1n) is 5.80. The topological polar surface area (TPSA) is 37.4 Å². The van der Waals surface area contributed by atoms with Crippen molar-refractivity contribution in [2.45, 2.75) is 51.8 Å². The Bertz CT molecular complexity index is 241. The van der Waals surface area contributed by atoms with Gasteiger partial charge in [-0.25, -0.2) is 0 Å². The third-order valence-corrected chi connectivity index (χ3v) is 3.66. The van der Waals surface area contributed by atoms with Gasteiger partial charge in [-0.05, 0) is 12.2 Å². The van der Waals surface area contributed by atoms with E-state index in [1.807, 2.05) is 6.92 Å². The first-order chi connectivity index (χ1) is 7.40. The fraction of sp³-hybridized carbons (Fsp3) is 0.833. The Morgan fingerprint density at radius 1 is 1.25 bits per heavy atom.